The molecule has 0 radical (unpaired) electrons. The van der Waals surface area contributed by atoms with Gasteiger partial charge in [-0.1, -0.05) is 31.9 Å². The number of phosphoric ester groups is 1. The van der Waals surface area contributed by atoms with Gasteiger partial charge in [0.15, 0.2) is 0 Å². The molecule has 62 valence electrons. The van der Waals surface area contributed by atoms with Crippen LogP contribution < -0.4 is 9.79 Å². The van der Waals surface area contributed by atoms with E-state index in [4.69, 9.17) is 0 Å². The third kappa shape index (κ3) is 7.18. The smallest absolute Gasteiger partial charge is 0.0651 e. The SMILES string of the molecule is O=P([O-])([O-])OCC(Br)CBr. The largest absolute Gasteiger partial charge is 0.790 e. The minimum Gasteiger partial charge on any atom is -0.790 e. The fraction of sp³-hybridized carbons (Fsp3) is 1.00. The molecule has 0 aliphatic rings. The molecule has 0 rings (SSSR count). The Morgan fingerprint density at radius 3 is 2.40 bits per heavy atom. The van der Waals surface area contributed by atoms with Gasteiger partial charge in [0.1, 0.15) is 0 Å². The first-order valence-corrected chi connectivity index (χ1v) is 5.82. The molecule has 0 aromatic rings. The van der Waals surface area contributed by atoms with Crippen molar-refractivity contribution in [3.63, 3.8) is 0 Å². The first kappa shape index (κ1) is 11.1. The highest BCUT2D eigenvalue weighted by molar-refractivity contribution is 9.12. The summed E-state index contributed by atoms with van der Waals surface area (Å²) in [5.41, 5.74) is 0. The van der Waals surface area contributed by atoms with E-state index in [-0.39, 0.29) is 11.4 Å². The fourth-order valence-corrected chi connectivity index (χ4v) is 1.10. The van der Waals surface area contributed by atoms with Gasteiger partial charge >= 0.3 is 0 Å². The van der Waals surface area contributed by atoms with Gasteiger partial charge in [-0.25, -0.2) is 0 Å². The first-order chi connectivity index (χ1) is 4.45. The van der Waals surface area contributed by atoms with Gasteiger partial charge in [-0.15, -0.1) is 0 Å². The van der Waals surface area contributed by atoms with Crippen molar-refractivity contribution >= 4 is 39.7 Å². The summed E-state index contributed by atoms with van der Waals surface area (Å²) in [6.07, 6.45) is 0. The van der Waals surface area contributed by atoms with Crippen molar-refractivity contribution in [2.45, 2.75) is 4.83 Å². The molecule has 0 heterocycles. The van der Waals surface area contributed by atoms with Crippen LogP contribution in [0.1, 0.15) is 0 Å². The molecule has 1 unspecified atom stereocenters. The van der Waals surface area contributed by atoms with Crippen molar-refractivity contribution < 1.29 is 18.9 Å². The van der Waals surface area contributed by atoms with E-state index in [2.05, 4.69) is 36.4 Å². The van der Waals surface area contributed by atoms with Crippen LogP contribution in [0.25, 0.3) is 0 Å². The molecule has 7 heteroatoms. The van der Waals surface area contributed by atoms with Crippen LogP contribution in [0.5, 0.6) is 0 Å². The standard InChI is InChI=1S/C3H7Br2O4P/c4-1-3(5)2-9-10(6,7)8/h3H,1-2H2,(H2,6,7,8)/p-2. The predicted molar refractivity (Wildman–Crippen MR) is 40.1 cm³/mol. The van der Waals surface area contributed by atoms with Crippen LogP contribution in [0.2, 0.25) is 0 Å². The van der Waals surface area contributed by atoms with Crippen LogP contribution >= 0.6 is 39.7 Å². The second kappa shape index (κ2) is 4.85. The zero-order chi connectivity index (χ0) is 8.20. The quantitative estimate of drug-likeness (QED) is 0.540. The third-order valence-electron chi connectivity index (χ3n) is 0.581. The van der Waals surface area contributed by atoms with E-state index >= 15 is 0 Å². The Morgan fingerprint density at radius 1 is 1.60 bits per heavy atom. The molecular formula is C3H5Br2O4P-2. The van der Waals surface area contributed by atoms with Crippen molar-refractivity contribution in [3.8, 4) is 0 Å². The van der Waals surface area contributed by atoms with Crippen molar-refractivity contribution in [2.24, 2.45) is 0 Å². The van der Waals surface area contributed by atoms with Gasteiger partial charge in [-0.2, -0.15) is 0 Å². The predicted octanol–water partition coefficient (Wildman–Crippen LogP) is -0.00990. The molecule has 10 heavy (non-hydrogen) atoms. The summed E-state index contributed by atoms with van der Waals surface area (Å²) in [5.74, 6) is 0. The number of hydrogen-bond acceptors (Lipinski definition) is 4. The van der Waals surface area contributed by atoms with Crippen LogP contribution in [0.15, 0.2) is 0 Å². The van der Waals surface area contributed by atoms with E-state index in [1.807, 2.05) is 0 Å². The molecule has 0 saturated carbocycles. The highest BCUT2D eigenvalue weighted by Gasteiger charge is 2.01. The average molecular weight is 296 g/mol. The van der Waals surface area contributed by atoms with Crippen LogP contribution in [-0.4, -0.2) is 16.8 Å². The van der Waals surface area contributed by atoms with Crippen molar-refractivity contribution in [3.05, 3.63) is 0 Å². The Hall–Kier alpha value is 1.07. The summed E-state index contributed by atoms with van der Waals surface area (Å²) in [7, 11) is -4.78. The lowest BCUT2D eigenvalue weighted by molar-refractivity contribution is -0.341. The van der Waals surface area contributed by atoms with Crippen LogP contribution in [0.3, 0.4) is 0 Å². The van der Waals surface area contributed by atoms with Crippen molar-refractivity contribution in [2.75, 3.05) is 11.9 Å². The summed E-state index contributed by atoms with van der Waals surface area (Å²) >= 11 is 6.12. The maximum Gasteiger partial charge on any atom is 0.0651 e. The van der Waals surface area contributed by atoms with Gasteiger partial charge in [0.25, 0.3) is 0 Å². The minimum atomic E-state index is -4.78. The summed E-state index contributed by atoms with van der Waals surface area (Å²) in [4.78, 5) is 19.6. The summed E-state index contributed by atoms with van der Waals surface area (Å²) in [6, 6.07) is 0. The Kier molecular flexibility index (Phi) is 5.37. The minimum absolute atomic E-state index is 0.129. The van der Waals surface area contributed by atoms with E-state index in [0.29, 0.717) is 5.33 Å². The Balaban J connectivity index is 3.46. The normalized spacial score (nSPS) is 15.2. The van der Waals surface area contributed by atoms with E-state index in [0.717, 1.165) is 0 Å². The van der Waals surface area contributed by atoms with Gasteiger partial charge in [-0.3, -0.25) is 0 Å². The molecule has 0 spiro atoms. The molecule has 0 aromatic heterocycles. The second-order valence-electron chi connectivity index (χ2n) is 1.49. The number of phosphoric acid groups is 1. The van der Waals surface area contributed by atoms with Crippen molar-refractivity contribution in [1.29, 1.82) is 0 Å². The zero-order valence-corrected chi connectivity index (χ0v) is 8.89. The van der Waals surface area contributed by atoms with E-state index in [1.165, 1.54) is 0 Å². The molecule has 0 bridgehead atoms. The summed E-state index contributed by atoms with van der Waals surface area (Å²) in [6.45, 7) is -0.129. The molecular weight excluding hydrogens is 291 g/mol. The molecule has 0 amide bonds. The Bertz CT molecular complexity index is 134. The molecule has 0 N–H and O–H groups in total. The van der Waals surface area contributed by atoms with Gasteiger partial charge in [0.2, 0.25) is 0 Å². The Morgan fingerprint density at radius 2 is 2.10 bits per heavy atom. The molecule has 4 nitrogen and oxygen atoms in total. The van der Waals surface area contributed by atoms with E-state index in [9.17, 15) is 14.4 Å². The van der Waals surface area contributed by atoms with Crippen LogP contribution in [-0.2, 0) is 9.09 Å². The maximum atomic E-state index is 9.87. The number of rotatable bonds is 4. The summed E-state index contributed by atoms with van der Waals surface area (Å²) in [5, 5.41) is 0.535. The van der Waals surface area contributed by atoms with Gasteiger partial charge < -0.3 is 18.9 Å². The fourth-order valence-electron chi connectivity index (χ4n) is 0.217. The van der Waals surface area contributed by atoms with Crippen LogP contribution in [0, 0.1) is 0 Å². The van der Waals surface area contributed by atoms with Gasteiger partial charge in [0, 0.05) is 10.2 Å². The van der Waals surface area contributed by atoms with E-state index in [1.54, 1.807) is 0 Å². The van der Waals surface area contributed by atoms with Gasteiger partial charge in [0.05, 0.1) is 14.4 Å². The monoisotopic (exact) mass is 294 g/mol. The Labute approximate surface area is 75.5 Å². The lowest BCUT2D eigenvalue weighted by Gasteiger charge is -2.29. The lowest BCUT2D eigenvalue weighted by Crippen LogP contribution is -2.20. The zero-order valence-electron chi connectivity index (χ0n) is 4.83. The highest BCUT2D eigenvalue weighted by Crippen LogP contribution is 2.25. The number of alkyl halides is 2. The van der Waals surface area contributed by atoms with Crippen LogP contribution in [0.4, 0.5) is 0 Å². The average Bonchev–Trinajstić information content (AvgIpc) is 1.81. The summed E-state index contributed by atoms with van der Waals surface area (Å²) < 4.78 is 13.8. The number of halogens is 2. The molecule has 0 aliphatic heterocycles. The lowest BCUT2D eigenvalue weighted by atomic mass is 10.5. The number of hydrogen-bond donors (Lipinski definition) is 0. The van der Waals surface area contributed by atoms with E-state index < -0.39 is 7.82 Å². The molecule has 1 atom stereocenters. The van der Waals surface area contributed by atoms with Gasteiger partial charge in [-0.05, 0) is 0 Å². The third-order valence-corrected chi connectivity index (χ3v) is 3.28. The molecule has 0 saturated heterocycles. The van der Waals surface area contributed by atoms with Crippen molar-refractivity contribution in [1.82, 2.24) is 0 Å². The molecule has 0 aliphatic carbocycles. The first-order valence-electron chi connectivity index (χ1n) is 2.32. The maximum absolute atomic E-state index is 9.87. The second-order valence-corrected chi connectivity index (χ2v) is 4.59. The molecule has 0 aromatic carbocycles. The topological polar surface area (TPSA) is 72.4 Å². The highest BCUT2D eigenvalue weighted by atomic mass is 79.9. The molecule has 0 fully saturated rings.